The minimum absolute atomic E-state index is 0.00996. The van der Waals surface area contributed by atoms with Crippen LogP contribution in [0.2, 0.25) is 0 Å². The Morgan fingerprint density at radius 2 is 2.17 bits per heavy atom. The lowest BCUT2D eigenvalue weighted by Crippen LogP contribution is -2.34. The summed E-state index contributed by atoms with van der Waals surface area (Å²) < 4.78 is 2.00. The van der Waals surface area contributed by atoms with Crippen molar-refractivity contribution in [2.75, 3.05) is 26.2 Å². The van der Waals surface area contributed by atoms with Gasteiger partial charge in [-0.05, 0) is 49.5 Å². The fourth-order valence-corrected chi connectivity index (χ4v) is 3.24. The third-order valence-corrected chi connectivity index (χ3v) is 4.49. The molecule has 1 unspecified atom stereocenters. The van der Waals surface area contributed by atoms with E-state index >= 15 is 0 Å². The third kappa shape index (κ3) is 4.68. The largest absolute Gasteiger partial charge is 0.352 e. The van der Waals surface area contributed by atoms with Crippen LogP contribution in [0.15, 0.2) is 43.0 Å². The van der Waals surface area contributed by atoms with E-state index in [4.69, 9.17) is 0 Å². The molecular weight excluding hydrogens is 300 g/mol. The SMILES string of the molecule is CC(CNC(=O)c1cccc(Cn2ccnc2)c1)CN1CCCC1. The molecule has 2 aromatic rings. The first-order valence-electron chi connectivity index (χ1n) is 8.76. The summed E-state index contributed by atoms with van der Waals surface area (Å²) in [6, 6.07) is 7.81. The Morgan fingerprint density at radius 1 is 1.33 bits per heavy atom. The molecular formula is C19H26N4O. The number of amides is 1. The molecule has 24 heavy (non-hydrogen) atoms. The van der Waals surface area contributed by atoms with Crippen LogP contribution in [0.3, 0.4) is 0 Å². The molecule has 1 aromatic carbocycles. The molecule has 1 aliphatic heterocycles. The van der Waals surface area contributed by atoms with Gasteiger partial charge in [-0.2, -0.15) is 0 Å². The van der Waals surface area contributed by atoms with Gasteiger partial charge in [0, 0.05) is 37.6 Å². The van der Waals surface area contributed by atoms with Gasteiger partial charge in [-0.15, -0.1) is 0 Å². The van der Waals surface area contributed by atoms with Crippen molar-refractivity contribution in [1.82, 2.24) is 19.8 Å². The Bertz CT molecular complexity index is 647. The van der Waals surface area contributed by atoms with Crippen LogP contribution < -0.4 is 5.32 Å². The van der Waals surface area contributed by atoms with Crippen molar-refractivity contribution in [2.45, 2.75) is 26.3 Å². The molecule has 1 fully saturated rings. The van der Waals surface area contributed by atoms with E-state index in [1.807, 2.05) is 35.0 Å². The quantitative estimate of drug-likeness (QED) is 0.850. The normalized spacial score (nSPS) is 16.2. The van der Waals surface area contributed by atoms with Crippen LogP contribution >= 0.6 is 0 Å². The maximum atomic E-state index is 12.4. The number of aromatic nitrogens is 2. The highest BCUT2D eigenvalue weighted by molar-refractivity contribution is 5.94. The Balaban J connectivity index is 1.50. The fraction of sp³-hybridized carbons (Fsp3) is 0.474. The number of nitrogens with zero attached hydrogens (tertiary/aromatic N) is 3. The van der Waals surface area contributed by atoms with E-state index in [1.165, 1.54) is 25.9 Å². The van der Waals surface area contributed by atoms with E-state index in [0.29, 0.717) is 5.92 Å². The predicted molar refractivity (Wildman–Crippen MR) is 94.9 cm³/mol. The van der Waals surface area contributed by atoms with Gasteiger partial charge in [-0.1, -0.05) is 19.1 Å². The summed E-state index contributed by atoms with van der Waals surface area (Å²) in [5, 5.41) is 3.07. The second kappa shape index (κ2) is 8.11. The smallest absolute Gasteiger partial charge is 0.251 e. The topological polar surface area (TPSA) is 50.2 Å². The number of imidazole rings is 1. The molecule has 1 amide bonds. The Kier molecular flexibility index (Phi) is 5.64. The van der Waals surface area contributed by atoms with E-state index in [2.05, 4.69) is 22.1 Å². The molecule has 5 heteroatoms. The van der Waals surface area contributed by atoms with Crippen LogP contribution in [0.25, 0.3) is 0 Å². The van der Waals surface area contributed by atoms with Crippen LogP contribution in [-0.4, -0.2) is 46.5 Å². The third-order valence-electron chi connectivity index (χ3n) is 4.49. The van der Waals surface area contributed by atoms with Gasteiger partial charge < -0.3 is 14.8 Å². The maximum absolute atomic E-state index is 12.4. The van der Waals surface area contributed by atoms with Crippen LogP contribution in [-0.2, 0) is 6.54 Å². The van der Waals surface area contributed by atoms with Crippen LogP contribution in [0.1, 0.15) is 35.7 Å². The van der Waals surface area contributed by atoms with Gasteiger partial charge in [-0.25, -0.2) is 4.98 Å². The number of likely N-dealkylation sites (tertiary alicyclic amines) is 1. The van der Waals surface area contributed by atoms with Crippen molar-refractivity contribution in [1.29, 1.82) is 0 Å². The summed E-state index contributed by atoms with van der Waals surface area (Å²) in [4.78, 5) is 18.9. The Labute approximate surface area is 143 Å². The van der Waals surface area contributed by atoms with E-state index in [9.17, 15) is 4.79 Å². The van der Waals surface area contributed by atoms with E-state index in [0.717, 1.165) is 30.8 Å². The second-order valence-electron chi connectivity index (χ2n) is 6.76. The van der Waals surface area contributed by atoms with E-state index < -0.39 is 0 Å². The second-order valence-corrected chi connectivity index (χ2v) is 6.76. The van der Waals surface area contributed by atoms with Gasteiger partial charge in [0.1, 0.15) is 0 Å². The van der Waals surface area contributed by atoms with E-state index in [1.54, 1.807) is 12.5 Å². The molecule has 3 rings (SSSR count). The predicted octanol–water partition coefficient (Wildman–Crippen LogP) is 2.39. The molecule has 0 aliphatic carbocycles. The average molecular weight is 326 g/mol. The number of hydrogen-bond acceptors (Lipinski definition) is 3. The highest BCUT2D eigenvalue weighted by Crippen LogP contribution is 2.11. The zero-order valence-electron chi connectivity index (χ0n) is 14.3. The maximum Gasteiger partial charge on any atom is 0.251 e. The molecule has 0 spiro atoms. The lowest BCUT2D eigenvalue weighted by Gasteiger charge is -2.20. The van der Waals surface area contributed by atoms with Crippen molar-refractivity contribution >= 4 is 5.91 Å². The van der Waals surface area contributed by atoms with Crippen LogP contribution in [0.5, 0.6) is 0 Å². The lowest BCUT2D eigenvalue weighted by atomic mass is 10.1. The minimum Gasteiger partial charge on any atom is -0.352 e. The van der Waals surface area contributed by atoms with Crippen LogP contribution in [0.4, 0.5) is 0 Å². The van der Waals surface area contributed by atoms with Gasteiger partial charge >= 0.3 is 0 Å². The molecule has 1 saturated heterocycles. The zero-order chi connectivity index (χ0) is 16.8. The summed E-state index contributed by atoms with van der Waals surface area (Å²) in [5.74, 6) is 0.483. The monoisotopic (exact) mass is 326 g/mol. The van der Waals surface area contributed by atoms with Crippen molar-refractivity contribution in [3.8, 4) is 0 Å². The van der Waals surface area contributed by atoms with Gasteiger partial charge in [-0.3, -0.25) is 4.79 Å². The number of carbonyl (C=O) groups is 1. The lowest BCUT2D eigenvalue weighted by molar-refractivity contribution is 0.0945. The molecule has 128 valence electrons. The van der Waals surface area contributed by atoms with Crippen LogP contribution in [0, 0.1) is 5.92 Å². The first kappa shape index (κ1) is 16.7. The average Bonchev–Trinajstić information content (AvgIpc) is 3.27. The molecule has 2 heterocycles. The molecule has 5 nitrogen and oxygen atoms in total. The van der Waals surface area contributed by atoms with Crippen molar-refractivity contribution in [2.24, 2.45) is 5.92 Å². The summed E-state index contributed by atoms with van der Waals surface area (Å²) in [5.41, 5.74) is 1.83. The van der Waals surface area contributed by atoms with Gasteiger partial charge in [0.25, 0.3) is 5.91 Å². The Morgan fingerprint density at radius 3 is 2.92 bits per heavy atom. The van der Waals surface area contributed by atoms with E-state index in [-0.39, 0.29) is 5.91 Å². The molecule has 1 aliphatic rings. The highest BCUT2D eigenvalue weighted by atomic mass is 16.1. The highest BCUT2D eigenvalue weighted by Gasteiger charge is 2.15. The number of benzene rings is 1. The zero-order valence-corrected chi connectivity index (χ0v) is 14.3. The first-order chi connectivity index (χ1) is 11.7. The number of hydrogen-bond donors (Lipinski definition) is 1. The molecule has 1 N–H and O–H groups in total. The number of rotatable bonds is 7. The molecule has 0 radical (unpaired) electrons. The van der Waals surface area contributed by atoms with Gasteiger partial charge in [0.05, 0.1) is 6.33 Å². The molecule has 0 bridgehead atoms. The standard InChI is InChI=1S/C19H26N4O/c1-16(13-22-8-2-3-9-22)12-21-19(24)18-6-4-5-17(11-18)14-23-10-7-20-15-23/h4-7,10-11,15-16H,2-3,8-9,12-14H2,1H3,(H,21,24). The molecule has 1 aromatic heterocycles. The summed E-state index contributed by atoms with van der Waals surface area (Å²) in [6.07, 6.45) is 8.09. The molecule has 0 saturated carbocycles. The summed E-state index contributed by atoms with van der Waals surface area (Å²) >= 11 is 0. The minimum atomic E-state index is 0.00996. The number of carbonyl (C=O) groups excluding carboxylic acids is 1. The van der Waals surface area contributed by atoms with Crippen molar-refractivity contribution < 1.29 is 4.79 Å². The first-order valence-corrected chi connectivity index (χ1v) is 8.76. The van der Waals surface area contributed by atoms with Crippen molar-refractivity contribution in [3.05, 3.63) is 54.1 Å². The van der Waals surface area contributed by atoms with Gasteiger partial charge in [0.2, 0.25) is 0 Å². The fourth-order valence-electron chi connectivity index (χ4n) is 3.24. The molecule has 1 atom stereocenters. The summed E-state index contributed by atoms with van der Waals surface area (Å²) in [7, 11) is 0. The van der Waals surface area contributed by atoms with Gasteiger partial charge in [0.15, 0.2) is 0 Å². The number of nitrogens with one attached hydrogen (secondary N) is 1. The van der Waals surface area contributed by atoms with Crippen molar-refractivity contribution in [3.63, 3.8) is 0 Å². The summed E-state index contributed by atoms with van der Waals surface area (Å²) in [6.45, 7) is 7.13. The Hall–Kier alpha value is -2.14.